The highest BCUT2D eigenvalue weighted by Gasteiger charge is 2.44. The van der Waals surface area contributed by atoms with Gasteiger partial charge >= 0.3 is 5.97 Å². The van der Waals surface area contributed by atoms with Crippen LogP contribution in [-0.4, -0.2) is 32.2 Å². The second-order valence-corrected chi connectivity index (χ2v) is 8.94. The van der Waals surface area contributed by atoms with Crippen LogP contribution in [0.3, 0.4) is 0 Å². The lowest BCUT2D eigenvalue weighted by Crippen LogP contribution is -2.23. The molecule has 0 spiro atoms. The number of aromatic amines is 2. The number of amides is 1. The average Bonchev–Trinajstić information content (AvgIpc) is 3.33. The molecular formula is C25H28N4O4. The Hall–Kier alpha value is -3.68. The van der Waals surface area contributed by atoms with Crippen LogP contribution >= 0.6 is 0 Å². The SMILES string of the molecule is CC1(C(=O)O)CC1.O=C(Nc1cccc(Cc2n[nH]c(=O)c3c2CCCC3)c1)c1ccc[nH]1. The maximum Gasteiger partial charge on any atom is 0.309 e. The molecule has 2 aliphatic carbocycles. The number of aliphatic carboxylic acids is 1. The van der Waals surface area contributed by atoms with Crippen LogP contribution in [0, 0.1) is 5.41 Å². The van der Waals surface area contributed by atoms with Crippen molar-refractivity contribution < 1.29 is 14.7 Å². The van der Waals surface area contributed by atoms with Crippen molar-refractivity contribution in [3.05, 3.63) is 81.0 Å². The summed E-state index contributed by atoms with van der Waals surface area (Å²) < 4.78 is 0. The van der Waals surface area contributed by atoms with E-state index in [-0.39, 0.29) is 16.9 Å². The summed E-state index contributed by atoms with van der Waals surface area (Å²) in [5.41, 5.74) is 4.81. The van der Waals surface area contributed by atoms with Crippen molar-refractivity contribution in [2.45, 2.75) is 51.9 Å². The van der Waals surface area contributed by atoms with Crippen LogP contribution in [0.1, 0.15) is 65.5 Å². The molecule has 5 rings (SSSR count). The number of H-pyrrole nitrogens is 2. The van der Waals surface area contributed by atoms with Crippen LogP contribution in [0.25, 0.3) is 0 Å². The van der Waals surface area contributed by atoms with E-state index in [0.717, 1.165) is 66.6 Å². The Labute approximate surface area is 191 Å². The van der Waals surface area contributed by atoms with Gasteiger partial charge in [-0.3, -0.25) is 14.4 Å². The van der Waals surface area contributed by atoms with Gasteiger partial charge in [0.15, 0.2) is 0 Å². The van der Waals surface area contributed by atoms with Crippen molar-refractivity contribution in [3.63, 3.8) is 0 Å². The van der Waals surface area contributed by atoms with Gasteiger partial charge in [0.1, 0.15) is 5.69 Å². The number of fused-ring (bicyclic) bond motifs is 1. The number of hydrogen-bond donors (Lipinski definition) is 4. The van der Waals surface area contributed by atoms with E-state index in [4.69, 9.17) is 5.11 Å². The Bertz CT molecular complexity index is 1210. The fourth-order valence-corrected chi connectivity index (χ4v) is 3.90. The standard InChI is InChI=1S/C20H20N4O2.C5H8O2/c25-19-16-8-2-1-7-15(16)18(23-24-19)12-13-5-3-6-14(11-13)22-20(26)17-9-4-10-21-17;1-5(2-3-5)4(6)7/h3-6,9-11,21H,1-2,7-8,12H2,(H,22,26)(H,24,25);2-3H2,1H3,(H,6,7). The summed E-state index contributed by atoms with van der Waals surface area (Å²) >= 11 is 0. The van der Waals surface area contributed by atoms with Crippen LogP contribution in [0.4, 0.5) is 5.69 Å². The van der Waals surface area contributed by atoms with Crippen molar-refractivity contribution in [2.24, 2.45) is 5.41 Å². The van der Waals surface area contributed by atoms with Gasteiger partial charge in [-0.05, 0) is 80.8 Å². The number of hydrogen-bond acceptors (Lipinski definition) is 4. The number of rotatable bonds is 5. The highest BCUT2D eigenvalue weighted by Crippen LogP contribution is 2.44. The number of nitrogens with one attached hydrogen (secondary N) is 3. The van der Waals surface area contributed by atoms with Gasteiger partial charge in [0, 0.05) is 23.9 Å². The molecule has 0 aliphatic heterocycles. The summed E-state index contributed by atoms with van der Waals surface area (Å²) in [5.74, 6) is -0.820. The molecule has 2 aromatic heterocycles. The molecule has 0 saturated heterocycles. The normalized spacial score (nSPS) is 15.5. The van der Waals surface area contributed by atoms with E-state index in [2.05, 4.69) is 20.5 Å². The number of carbonyl (C=O) groups is 2. The smallest absolute Gasteiger partial charge is 0.309 e. The minimum atomic E-state index is -0.646. The predicted octanol–water partition coefficient (Wildman–Crippen LogP) is 3.69. The van der Waals surface area contributed by atoms with Crippen LogP contribution < -0.4 is 10.9 Å². The van der Waals surface area contributed by atoms with Crippen molar-refractivity contribution in [2.75, 3.05) is 5.32 Å². The largest absolute Gasteiger partial charge is 0.481 e. The number of benzene rings is 1. The zero-order chi connectivity index (χ0) is 23.4. The fourth-order valence-electron chi connectivity index (χ4n) is 3.90. The second-order valence-electron chi connectivity index (χ2n) is 8.94. The maximum atomic E-state index is 12.2. The molecule has 1 fully saturated rings. The first-order valence-electron chi connectivity index (χ1n) is 11.2. The molecule has 1 amide bonds. The quantitative estimate of drug-likeness (QED) is 0.473. The summed E-state index contributed by atoms with van der Waals surface area (Å²) in [6, 6.07) is 11.2. The van der Waals surface area contributed by atoms with Crippen LogP contribution in [0.15, 0.2) is 47.4 Å². The Balaban J connectivity index is 0.000000318. The monoisotopic (exact) mass is 448 g/mol. The molecule has 0 radical (unpaired) electrons. The molecule has 33 heavy (non-hydrogen) atoms. The summed E-state index contributed by atoms with van der Waals surface area (Å²) in [7, 11) is 0. The molecule has 0 unspecified atom stereocenters. The molecule has 8 nitrogen and oxygen atoms in total. The Morgan fingerprint density at radius 2 is 1.88 bits per heavy atom. The number of carboxylic acid groups (broad SMARTS) is 1. The third kappa shape index (κ3) is 5.39. The number of carboxylic acids is 1. The molecule has 0 atom stereocenters. The zero-order valence-corrected chi connectivity index (χ0v) is 18.6. The van der Waals surface area contributed by atoms with Crippen molar-refractivity contribution in [1.82, 2.24) is 15.2 Å². The van der Waals surface area contributed by atoms with Crippen molar-refractivity contribution in [3.8, 4) is 0 Å². The van der Waals surface area contributed by atoms with Gasteiger partial charge in [0.05, 0.1) is 11.1 Å². The average molecular weight is 449 g/mol. The third-order valence-corrected chi connectivity index (χ3v) is 6.30. The first-order valence-corrected chi connectivity index (χ1v) is 11.2. The van der Waals surface area contributed by atoms with Gasteiger partial charge in [-0.15, -0.1) is 0 Å². The predicted molar refractivity (Wildman–Crippen MR) is 124 cm³/mol. The maximum absolute atomic E-state index is 12.2. The topological polar surface area (TPSA) is 128 Å². The Morgan fingerprint density at radius 1 is 1.12 bits per heavy atom. The van der Waals surface area contributed by atoms with E-state index in [0.29, 0.717) is 12.1 Å². The minimum Gasteiger partial charge on any atom is -0.481 e. The zero-order valence-electron chi connectivity index (χ0n) is 18.6. The summed E-state index contributed by atoms with van der Waals surface area (Å²) in [5, 5.41) is 18.1. The fraction of sp³-hybridized carbons (Fsp3) is 0.360. The Kier molecular flexibility index (Phi) is 6.44. The van der Waals surface area contributed by atoms with Gasteiger partial charge < -0.3 is 15.4 Å². The van der Waals surface area contributed by atoms with E-state index in [9.17, 15) is 14.4 Å². The first kappa shape index (κ1) is 22.5. The summed E-state index contributed by atoms with van der Waals surface area (Å²) in [6.07, 6.45) is 7.96. The molecule has 3 aromatic rings. The molecule has 2 aliphatic rings. The molecule has 4 N–H and O–H groups in total. The number of aromatic nitrogens is 3. The van der Waals surface area contributed by atoms with Gasteiger partial charge in [-0.1, -0.05) is 12.1 Å². The van der Waals surface area contributed by atoms with Crippen molar-refractivity contribution in [1.29, 1.82) is 0 Å². The third-order valence-electron chi connectivity index (χ3n) is 6.30. The summed E-state index contributed by atoms with van der Waals surface area (Å²) in [4.78, 5) is 37.1. The molecule has 1 saturated carbocycles. The van der Waals surface area contributed by atoms with Crippen LogP contribution in [0.2, 0.25) is 0 Å². The van der Waals surface area contributed by atoms with Crippen molar-refractivity contribution >= 4 is 17.6 Å². The molecule has 172 valence electrons. The Morgan fingerprint density at radius 3 is 2.52 bits per heavy atom. The lowest BCUT2D eigenvalue weighted by Gasteiger charge is -2.17. The molecule has 8 heteroatoms. The second kappa shape index (κ2) is 9.44. The van der Waals surface area contributed by atoms with Gasteiger partial charge in [-0.25, -0.2) is 5.10 Å². The van der Waals surface area contributed by atoms with Crippen LogP contribution in [0.5, 0.6) is 0 Å². The van der Waals surface area contributed by atoms with Gasteiger partial charge in [-0.2, -0.15) is 5.10 Å². The first-order chi connectivity index (χ1) is 15.9. The highest BCUT2D eigenvalue weighted by atomic mass is 16.4. The number of carbonyl (C=O) groups excluding carboxylic acids is 1. The molecular weight excluding hydrogens is 420 g/mol. The van der Waals surface area contributed by atoms with E-state index in [1.54, 1.807) is 25.3 Å². The van der Waals surface area contributed by atoms with E-state index < -0.39 is 5.97 Å². The van der Waals surface area contributed by atoms with Gasteiger partial charge in [0.2, 0.25) is 0 Å². The number of nitrogens with zero attached hydrogens (tertiary/aromatic N) is 1. The van der Waals surface area contributed by atoms with E-state index in [1.807, 2.05) is 24.3 Å². The van der Waals surface area contributed by atoms with E-state index in [1.165, 1.54) is 0 Å². The highest BCUT2D eigenvalue weighted by molar-refractivity contribution is 6.02. The number of anilines is 1. The lowest BCUT2D eigenvalue weighted by molar-refractivity contribution is -0.142. The summed E-state index contributed by atoms with van der Waals surface area (Å²) in [6.45, 7) is 1.77. The van der Waals surface area contributed by atoms with Crippen LogP contribution in [-0.2, 0) is 24.1 Å². The molecule has 0 bridgehead atoms. The minimum absolute atomic E-state index is 0.0598. The molecule has 1 aromatic carbocycles. The molecule has 2 heterocycles. The van der Waals surface area contributed by atoms with E-state index >= 15 is 0 Å². The lowest BCUT2D eigenvalue weighted by atomic mass is 9.90. The van der Waals surface area contributed by atoms with Gasteiger partial charge in [0.25, 0.3) is 11.5 Å².